The summed E-state index contributed by atoms with van der Waals surface area (Å²) in [6.07, 6.45) is 1.52. The molecule has 0 saturated heterocycles. The molecule has 0 fully saturated rings. The van der Waals surface area contributed by atoms with Crippen LogP contribution < -0.4 is 10.3 Å². The van der Waals surface area contributed by atoms with Crippen LogP contribution in [0.5, 0.6) is 0 Å². The number of ketones is 2. The van der Waals surface area contributed by atoms with Gasteiger partial charge in [-0.2, -0.15) is 4.57 Å². The lowest BCUT2D eigenvalue weighted by Gasteiger charge is -2.17. The van der Waals surface area contributed by atoms with Crippen LogP contribution >= 0.6 is 0 Å². The average Bonchev–Trinajstić information content (AvgIpc) is 2.66. The van der Waals surface area contributed by atoms with Crippen LogP contribution in [0.3, 0.4) is 0 Å². The molecule has 6 heteroatoms. The summed E-state index contributed by atoms with van der Waals surface area (Å²) >= 11 is 0. The van der Waals surface area contributed by atoms with Crippen molar-refractivity contribution in [2.75, 3.05) is 5.73 Å². The van der Waals surface area contributed by atoms with E-state index in [1.165, 1.54) is 24.4 Å². The van der Waals surface area contributed by atoms with Crippen molar-refractivity contribution in [3.8, 4) is 5.69 Å². The Hall–Kier alpha value is -3.80. The fourth-order valence-corrected chi connectivity index (χ4v) is 3.09. The smallest absolute Gasteiger partial charge is 0.335 e. The molecule has 1 aliphatic carbocycles. The number of aromatic carboxylic acids is 1. The Balaban J connectivity index is 1.87. The summed E-state index contributed by atoms with van der Waals surface area (Å²) in [5.41, 5.74) is 8.09. The van der Waals surface area contributed by atoms with Crippen LogP contribution in [0.4, 0.5) is 5.82 Å². The number of fused-ring (bicyclic) bond motifs is 2. The van der Waals surface area contributed by atoms with Gasteiger partial charge in [-0.05, 0) is 24.3 Å². The third-order valence-corrected chi connectivity index (χ3v) is 4.42. The van der Waals surface area contributed by atoms with Gasteiger partial charge >= 0.3 is 5.97 Å². The lowest BCUT2D eigenvalue weighted by atomic mass is 9.85. The van der Waals surface area contributed by atoms with E-state index in [9.17, 15) is 14.4 Å². The quantitative estimate of drug-likeness (QED) is 0.541. The zero-order valence-electron chi connectivity index (χ0n) is 13.5. The first-order chi connectivity index (χ1) is 12.5. The van der Waals surface area contributed by atoms with Crippen molar-refractivity contribution in [3.63, 3.8) is 0 Å². The second-order valence-electron chi connectivity index (χ2n) is 5.95. The molecule has 2 aromatic carbocycles. The van der Waals surface area contributed by atoms with Crippen molar-refractivity contribution in [2.24, 2.45) is 0 Å². The van der Waals surface area contributed by atoms with Gasteiger partial charge in [0.2, 0.25) is 0 Å². The fourth-order valence-electron chi connectivity index (χ4n) is 3.09. The Labute approximate surface area is 148 Å². The SMILES string of the molecule is Nc1cc2c(c[n+]1-c1ccc(C(=O)O)cc1)C(=O)c1ccccc1C2=O. The zero-order valence-corrected chi connectivity index (χ0v) is 13.5. The van der Waals surface area contributed by atoms with Gasteiger partial charge in [0.1, 0.15) is 11.9 Å². The highest BCUT2D eigenvalue weighted by atomic mass is 16.4. The molecule has 0 atom stereocenters. The van der Waals surface area contributed by atoms with Crippen molar-refractivity contribution in [1.82, 2.24) is 0 Å². The molecular formula is C20H13N2O4+. The Morgan fingerprint density at radius 2 is 1.42 bits per heavy atom. The second-order valence-corrected chi connectivity index (χ2v) is 5.95. The van der Waals surface area contributed by atoms with Gasteiger partial charge in [0.15, 0.2) is 11.6 Å². The summed E-state index contributed by atoms with van der Waals surface area (Å²) in [5, 5.41) is 9.00. The third kappa shape index (κ3) is 2.28. The molecular weight excluding hydrogens is 332 g/mol. The van der Waals surface area contributed by atoms with Crippen LogP contribution in [-0.4, -0.2) is 22.6 Å². The number of hydrogen-bond donors (Lipinski definition) is 2. The van der Waals surface area contributed by atoms with Crippen LogP contribution in [0, 0.1) is 0 Å². The number of nitrogen functional groups attached to an aromatic ring is 1. The molecule has 0 bridgehead atoms. The molecule has 0 aliphatic heterocycles. The van der Waals surface area contributed by atoms with Crippen molar-refractivity contribution < 1.29 is 24.1 Å². The van der Waals surface area contributed by atoms with Crippen LogP contribution in [-0.2, 0) is 0 Å². The number of carboxylic acid groups (broad SMARTS) is 1. The molecule has 4 rings (SSSR count). The van der Waals surface area contributed by atoms with Crippen molar-refractivity contribution >= 4 is 23.4 Å². The average molecular weight is 345 g/mol. The zero-order chi connectivity index (χ0) is 18.4. The number of benzene rings is 2. The molecule has 0 spiro atoms. The van der Waals surface area contributed by atoms with Gasteiger partial charge in [0.05, 0.1) is 11.1 Å². The highest BCUT2D eigenvalue weighted by Gasteiger charge is 2.32. The van der Waals surface area contributed by atoms with E-state index in [0.717, 1.165) is 0 Å². The Bertz CT molecular complexity index is 1100. The van der Waals surface area contributed by atoms with E-state index in [1.54, 1.807) is 41.0 Å². The molecule has 0 radical (unpaired) electrons. The first-order valence-corrected chi connectivity index (χ1v) is 7.84. The minimum atomic E-state index is -1.03. The lowest BCUT2D eigenvalue weighted by molar-refractivity contribution is -0.580. The Morgan fingerprint density at radius 3 is 2.00 bits per heavy atom. The van der Waals surface area contributed by atoms with Crippen LogP contribution in [0.15, 0.2) is 60.8 Å². The van der Waals surface area contributed by atoms with Crippen LogP contribution in [0.1, 0.15) is 42.2 Å². The normalized spacial score (nSPS) is 12.5. The van der Waals surface area contributed by atoms with E-state index in [0.29, 0.717) is 16.8 Å². The lowest BCUT2D eigenvalue weighted by Crippen LogP contribution is -2.37. The summed E-state index contributed by atoms with van der Waals surface area (Å²) < 4.78 is 1.56. The maximum absolute atomic E-state index is 12.8. The van der Waals surface area contributed by atoms with Crippen molar-refractivity contribution in [1.29, 1.82) is 0 Å². The van der Waals surface area contributed by atoms with Gasteiger partial charge in [-0.1, -0.05) is 24.3 Å². The number of aromatic nitrogens is 1. The Kier molecular flexibility index (Phi) is 3.40. The molecule has 1 heterocycles. The maximum atomic E-state index is 12.8. The summed E-state index contributed by atoms with van der Waals surface area (Å²) in [4.78, 5) is 36.5. The standard InChI is InChI=1S/C20H12N2O4/c21-17-9-15-16(19(24)14-4-2-1-3-13(14)18(15)23)10-22(17)12-7-5-11(6-8-12)20(25)26/h1-10,21H,(H,25,26)/p+1. The van der Waals surface area contributed by atoms with E-state index in [4.69, 9.17) is 10.8 Å². The van der Waals surface area contributed by atoms with Gasteiger partial charge in [0.25, 0.3) is 5.82 Å². The van der Waals surface area contributed by atoms with Gasteiger partial charge < -0.3 is 5.11 Å². The molecule has 0 saturated carbocycles. The van der Waals surface area contributed by atoms with Gasteiger partial charge in [-0.25, -0.2) is 4.79 Å². The van der Waals surface area contributed by atoms with E-state index >= 15 is 0 Å². The highest BCUT2D eigenvalue weighted by Crippen LogP contribution is 2.27. The predicted octanol–water partition coefficient (Wildman–Crippen LogP) is 2.02. The topological polar surface area (TPSA) is 101 Å². The second kappa shape index (κ2) is 5.63. The van der Waals surface area contributed by atoms with Gasteiger partial charge in [-0.3, -0.25) is 15.3 Å². The number of carboxylic acids is 1. The molecule has 3 aromatic rings. The highest BCUT2D eigenvalue weighted by molar-refractivity contribution is 6.28. The number of anilines is 1. The summed E-state index contributed by atoms with van der Waals surface area (Å²) in [6.45, 7) is 0. The van der Waals surface area contributed by atoms with E-state index in [1.807, 2.05) is 0 Å². The fraction of sp³-hybridized carbons (Fsp3) is 0. The molecule has 3 N–H and O–H groups in total. The van der Waals surface area contributed by atoms with E-state index in [2.05, 4.69) is 0 Å². The van der Waals surface area contributed by atoms with Crippen LogP contribution in [0.25, 0.3) is 5.69 Å². The van der Waals surface area contributed by atoms with Gasteiger partial charge in [0, 0.05) is 22.8 Å². The maximum Gasteiger partial charge on any atom is 0.335 e. The van der Waals surface area contributed by atoms with E-state index in [-0.39, 0.29) is 34.1 Å². The molecule has 1 aliphatic rings. The van der Waals surface area contributed by atoms with Crippen molar-refractivity contribution in [2.45, 2.75) is 0 Å². The monoisotopic (exact) mass is 345 g/mol. The summed E-state index contributed by atoms with van der Waals surface area (Å²) in [7, 11) is 0. The first-order valence-electron chi connectivity index (χ1n) is 7.84. The number of carbonyl (C=O) groups is 3. The molecule has 0 unspecified atom stereocenters. The van der Waals surface area contributed by atoms with Gasteiger partial charge in [-0.15, -0.1) is 0 Å². The molecule has 126 valence electrons. The van der Waals surface area contributed by atoms with Crippen LogP contribution in [0.2, 0.25) is 0 Å². The minimum absolute atomic E-state index is 0.145. The molecule has 0 amide bonds. The minimum Gasteiger partial charge on any atom is -0.478 e. The summed E-state index contributed by atoms with van der Waals surface area (Å²) in [6, 6.07) is 14.2. The number of hydrogen-bond acceptors (Lipinski definition) is 4. The third-order valence-electron chi connectivity index (χ3n) is 4.42. The largest absolute Gasteiger partial charge is 0.478 e. The van der Waals surface area contributed by atoms with Crippen molar-refractivity contribution in [3.05, 3.63) is 88.6 Å². The first kappa shape index (κ1) is 15.7. The summed E-state index contributed by atoms with van der Waals surface area (Å²) in [5.74, 6) is -1.24. The van der Waals surface area contributed by atoms with E-state index < -0.39 is 5.97 Å². The Morgan fingerprint density at radius 1 is 0.846 bits per heavy atom. The predicted molar refractivity (Wildman–Crippen MR) is 92.7 cm³/mol. The number of nitrogens with zero attached hydrogens (tertiary/aromatic N) is 1. The number of carbonyl (C=O) groups excluding carboxylic acids is 2. The molecule has 26 heavy (non-hydrogen) atoms. The molecule has 6 nitrogen and oxygen atoms in total. The number of pyridine rings is 1. The molecule has 1 aromatic heterocycles. The number of nitrogens with two attached hydrogens (primary N) is 1. The number of rotatable bonds is 2.